The third-order valence-electron chi connectivity index (χ3n) is 5.27. The third kappa shape index (κ3) is 3.85. The second-order valence-corrected chi connectivity index (χ2v) is 8.05. The Morgan fingerprint density at radius 3 is 2.57 bits per heavy atom. The molecule has 0 N–H and O–H groups in total. The molecule has 0 saturated carbocycles. The summed E-state index contributed by atoms with van der Waals surface area (Å²) in [4.78, 5) is 19.7. The van der Waals surface area contributed by atoms with E-state index in [1.807, 2.05) is 23.1 Å². The minimum absolute atomic E-state index is 0.0202. The minimum atomic E-state index is -0.0337. The van der Waals surface area contributed by atoms with Crippen molar-refractivity contribution in [2.45, 2.75) is 18.9 Å². The Kier molecular flexibility index (Phi) is 5.90. The summed E-state index contributed by atoms with van der Waals surface area (Å²) in [5.74, 6) is 1.74. The molecule has 156 valence electrons. The topological polar surface area (TPSA) is 60.9 Å². The molecule has 7 heteroatoms. The molecule has 3 aromatic rings. The van der Waals surface area contributed by atoms with Gasteiger partial charge in [-0.3, -0.25) is 4.79 Å². The molecule has 1 amide bonds. The number of likely N-dealkylation sites (tertiary alicyclic amines) is 1. The van der Waals surface area contributed by atoms with E-state index >= 15 is 0 Å². The normalized spacial score (nSPS) is 16.4. The fourth-order valence-corrected chi connectivity index (χ4v) is 4.87. The number of thiazole rings is 1. The molecular weight excluding hydrogens is 400 g/mol. The number of benzene rings is 2. The number of carbonyl (C=O) groups excluding carboxylic acids is 1. The Morgan fingerprint density at radius 2 is 1.83 bits per heavy atom. The zero-order chi connectivity index (χ0) is 21.1. The van der Waals surface area contributed by atoms with Crippen molar-refractivity contribution in [1.82, 2.24) is 9.88 Å². The molecule has 1 saturated heterocycles. The van der Waals surface area contributed by atoms with Crippen LogP contribution in [0.2, 0.25) is 0 Å². The van der Waals surface area contributed by atoms with Gasteiger partial charge in [-0.15, -0.1) is 11.3 Å². The van der Waals surface area contributed by atoms with Crippen molar-refractivity contribution < 1.29 is 19.0 Å². The number of rotatable bonds is 6. The molecule has 0 aliphatic carbocycles. The van der Waals surface area contributed by atoms with Gasteiger partial charge in [-0.05, 0) is 37.1 Å². The predicted molar refractivity (Wildman–Crippen MR) is 118 cm³/mol. The van der Waals surface area contributed by atoms with Gasteiger partial charge in [0.05, 0.1) is 37.6 Å². The summed E-state index contributed by atoms with van der Waals surface area (Å²) >= 11 is 1.67. The molecule has 0 bridgehead atoms. The lowest BCUT2D eigenvalue weighted by Gasteiger charge is -2.21. The van der Waals surface area contributed by atoms with Crippen LogP contribution in [0, 0.1) is 0 Å². The van der Waals surface area contributed by atoms with E-state index in [0.717, 1.165) is 40.2 Å². The first-order valence-corrected chi connectivity index (χ1v) is 10.6. The fourth-order valence-electron chi connectivity index (χ4n) is 3.76. The van der Waals surface area contributed by atoms with E-state index in [-0.39, 0.29) is 11.9 Å². The molecule has 1 atom stereocenters. The molecular formula is C23H24N2O4S. The number of fused-ring (bicyclic) bond motifs is 1. The van der Waals surface area contributed by atoms with Crippen molar-refractivity contribution in [3.05, 3.63) is 53.0 Å². The summed E-state index contributed by atoms with van der Waals surface area (Å²) in [6.45, 7) is 0.729. The first-order chi connectivity index (χ1) is 14.6. The SMILES string of the molecule is COc1cc(OC)c(OC)cc1/C=C/C(=O)N1CCCC1c1nc2ccccc2s1. The quantitative estimate of drug-likeness (QED) is 0.537. The highest BCUT2D eigenvalue weighted by Gasteiger charge is 2.31. The number of ether oxygens (including phenoxy) is 3. The largest absolute Gasteiger partial charge is 0.496 e. The van der Waals surface area contributed by atoms with Gasteiger partial charge in [0.2, 0.25) is 5.91 Å². The lowest BCUT2D eigenvalue weighted by molar-refractivity contribution is -0.126. The highest BCUT2D eigenvalue weighted by atomic mass is 32.1. The maximum Gasteiger partial charge on any atom is 0.247 e. The molecule has 1 aliphatic heterocycles. The van der Waals surface area contributed by atoms with E-state index in [2.05, 4.69) is 6.07 Å². The van der Waals surface area contributed by atoms with E-state index in [1.165, 1.54) is 0 Å². The second kappa shape index (κ2) is 8.75. The Bertz CT molecular complexity index is 1060. The number of carbonyl (C=O) groups is 1. The van der Waals surface area contributed by atoms with Crippen molar-refractivity contribution in [2.24, 2.45) is 0 Å². The van der Waals surface area contributed by atoms with E-state index < -0.39 is 0 Å². The van der Waals surface area contributed by atoms with Gasteiger partial charge < -0.3 is 19.1 Å². The van der Waals surface area contributed by atoms with Crippen LogP contribution in [0.5, 0.6) is 17.2 Å². The zero-order valence-corrected chi connectivity index (χ0v) is 18.1. The average molecular weight is 425 g/mol. The highest BCUT2D eigenvalue weighted by molar-refractivity contribution is 7.18. The smallest absolute Gasteiger partial charge is 0.247 e. The summed E-state index contributed by atoms with van der Waals surface area (Å²) in [6.07, 6.45) is 5.26. The lowest BCUT2D eigenvalue weighted by Crippen LogP contribution is -2.28. The van der Waals surface area contributed by atoms with Crippen molar-refractivity contribution in [2.75, 3.05) is 27.9 Å². The predicted octanol–water partition coefficient (Wildman–Crippen LogP) is 4.70. The Labute approximate surface area is 179 Å². The van der Waals surface area contributed by atoms with Crippen molar-refractivity contribution in [3.8, 4) is 17.2 Å². The van der Waals surface area contributed by atoms with E-state index in [1.54, 1.807) is 57.0 Å². The summed E-state index contributed by atoms with van der Waals surface area (Å²) in [5, 5.41) is 0.999. The van der Waals surface area contributed by atoms with Crippen molar-refractivity contribution >= 4 is 33.5 Å². The maximum absolute atomic E-state index is 13.0. The standard InChI is InChI=1S/C23H24N2O4S/c1-27-18-14-20(29-3)19(28-2)13-15(18)10-11-22(26)25-12-6-8-17(25)23-24-16-7-4-5-9-21(16)30-23/h4-5,7,9-11,13-14,17H,6,8,12H2,1-3H3/b11-10+. The van der Waals surface area contributed by atoms with E-state index in [4.69, 9.17) is 19.2 Å². The van der Waals surface area contributed by atoms with Crippen LogP contribution < -0.4 is 14.2 Å². The summed E-state index contributed by atoms with van der Waals surface area (Å²) in [6, 6.07) is 11.7. The lowest BCUT2D eigenvalue weighted by atomic mass is 10.1. The first kappa shape index (κ1) is 20.2. The number of amides is 1. The minimum Gasteiger partial charge on any atom is -0.496 e. The molecule has 2 aromatic carbocycles. The Hall–Kier alpha value is -3.06. The fraction of sp³-hybridized carbons (Fsp3) is 0.304. The van der Waals surface area contributed by atoms with Gasteiger partial charge in [-0.2, -0.15) is 0 Å². The van der Waals surface area contributed by atoms with E-state index in [9.17, 15) is 4.79 Å². The van der Waals surface area contributed by atoms with Crippen LogP contribution in [0.1, 0.15) is 29.5 Å². The molecule has 1 fully saturated rings. The van der Waals surface area contributed by atoms with Gasteiger partial charge in [-0.25, -0.2) is 4.98 Å². The molecule has 0 radical (unpaired) electrons. The number of methoxy groups -OCH3 is 3. The van der Waals surface area contributed by atoms with Crippen LogP contribution in [0.3, 0.4) is 0 Å². The molecule has 2 heterocycles. The van der Waals surface area contributed by atoms with E-state index in [0.29, 0.717) is 17.2 Å². The van der Waals surface area contributed by atoms with Gasteiger partial charge in [-0.1, -0.05) is 12.1 Å². The van der Waals surface area contributed by atoms with Crippen LogP contribution in [0.25, 0.3) is 16.3 Å². The first-order valence-electron chi connectivity index (χ1n) is 9.78. The number of para-hydroxylation sites is 1. The number of nitrogens with zero attached hydrogens (tertiary/aromatic N) is 2. The van der Waals surface area contributed by atoms with Gasteiger partial charge >= 0.3 is 0 Å². The Morgan fingerprint density at radius 1 is 1.10 bits per heavy atom. The van der Waals surface area contributed by atoms with Gasteiger partial charge in [0.1, 0.15) is 10.8 Å². The number of aromatic nitrogens is 1. The molecule has 0 spiro atoms. The van der Waals surface area contributed by atoms with Gasteiger partial charge in [0.15, 0.2) is 11.5 Å². The average Bonchev–Trinajstić information content (AvgIpc) is 3.43. The van der Waals surface area contributed by atoms with Gasteiger partial charge in [0, 0.05) is 24.3 Å². The van der Waals surface area contributed by atoms with Crippen LogP contribution in [0.15, 0.2) is 42.5 Å². The molecule has 1 unspecified atom stereocenters. The van der Waals surface area contributed by atoms with Crippen LogP contribution in [0.4, 0.5) is 0 Å². The van der Waals surface area contributed by atoms with Crippen LogP contribution in [-0.4, -0.2) is 43.7 Å². The zero-order valence-electron chi connectivity index (χ0n) is 17.3. The molecule has 6 nitrogen and oxygen atoms in total. The second-order valence-electron chi connectivity index (χ2n) is 6.99. The van der Waals surface area contributed by atoms with Crippen LogP contribution in [-0.2, 0) is 4.79 Å². The van der Waals surface area contributed by atoms with Crippen molar-refractivity contribution in [3.63, 3.8) is 0 Å². The number of hydrogen-bond acceptors (Lipinski definition) is 6. The molecule has 1 aromatic heterocycles. The summed E-state index contributed by atoms with van der Waals surface area (Å²) < 4.78 is 17.3. The maximum atomic E-state index is 13.0. The van der Waals surface area contributed by atoms with Crippen LogP contribution >= 0.6 is 11.3 Å². The highest BCUT2D eigenvalue weighted by Crippen LogP contribution is 2.37. The third-order valence-corrected chi connectivity index (χ3v) is 6.41. The van der Waals surface area contributed by atoms with Gasteiger partial charge in [0.25, 0.3) is 0 Å². The number of hydrogen-bond donors (Lipinski definition) is 0. The molecule has 1 aliphatic rings. The molecule has 4 rings (SSSR count). The summed E-state index contributed by atoms with van der Waals surface area (Å²) in [7, 11) is 4.74. The monoisotopic (exact) mass is 424 g/mol. The van der Waals surface area contributed by atoms with Crippen molar-refractivity contribution in [1.29, 1.82) is 0 Å². The summed E-state index contributed by atoms with van der Waals surface area (Å²) in [5.41, 5.74) is 1.74. The Balaban J connectivity index is 1.57. The molecule has 30 heavy (non-hydrogen) atoms.